The van der Waals surface area contributed by atoms with Crippen LogP contribution < -0.4 is 0 Å². The van der Waals surface area contributed by atoms with Gasteiger partial charge in [0.1, 0.15) is 6.61 Å². The van der Waals surface area contributed by atoms with Crippen LogP contribution in [0.5, 0.6) is 0 Å². The number of hydrogen-bond donors (Lipinski definition) is 1. The fraction of sp³-hybridized carbons (Fsp3) is 0.875. The molecule has 0 saturated carbocycles. The molecule has 0 aromatic heterocycles. The van der Waals surface area contributed by atoms with Gasteiger partial charge in [-0.25, -0.2) is 9.36 Å². The van der Waals surface area contributed by atoms with Crippen molar-refractivity contribution in [3.05, 3.63) is 0 Å². The molecule has 7 nitrogen and oxygen atoms in total. The van der Waals surface area contributed by atoms with Gasteiger partial charge >= 0.3 is 48.8 Å². The molecule has 1 rings (SSSR count). The van der Waals surface area contributed by atoms with E-state index in [-0.39, 0.29) is 48.7 Å². The Bertz CT molecular complexity index is 444. The number of rotatable bonds is 12. The standard InChI is InChI=1S/C16H29O7P.Na.H/c1-2-3-4-5-6-7-8-9-10-11-15(17)21-12-14-13-22-24(19,20)16(18)23-14;;/h14H,2-13H2,1H3,(H,19,20);;. The van der Waals surface area contributed by atoms with E-state index < -0.39 is 19.4 Å². The van der Waals surface area contributed by atoms with Crippen molar-refractivity contribution in [2.75, 3.05) is 13.2 Å². The van der Waals surface area contributed by atoms with E-state index in [1.165, 1.54) is 38.5 Å². The zero-order chi connectivity index (χ0) is 17.8. The molecule has 1 saturated heterocycles. The number of hydrogen-bond acceptors (Lipinski definition) is 6. The van der Waals surface area contributed by atoms with Crippen LogP contribution in [0.15, 0.2) is 0 Å². The maximum absolute atomic E-state index is 11.6. The van der Waals surface area contributed by atoms with Gasteiger partial charge in [0.15, 0.2) is 6.10 Å². The third kappa shape index (κ3) is 11.4. The van der Waals surface area contributed by atoms with Crippen LogP contribution in [0.4, 0.5) is 4.79 Å². The van der Waals surface area contributed by atoms with Crippen LogP contribution in [0.25, 0.3) is 0 Å². The summed E-state index contributed by atoms with van der Waals surface area (Å²) in [5.74, 6) is -0.355. The van der Waals surface area contributed by atoms with Crippen LogP contribution in [-0.4, -0.2) is 65.4 Å². The van der Waals surface area contributed by atoms with Crippen molar-refractivity contribution in [2.45, 2.75) is 77.2 Å². The fourth-order valence-corrected chi connectivity index (χ4v) is 3.16. The van der Waals surface area contributed by atoms with Crippen LogP contribution in [0.1, 0.15) is 71.1 Å². The van der Waals surface area contributed by atoms with Gasteiger partial charge in [0.05, 0.1) is 6.61 Å². The van der Waals surface area contributed by atoms with Crippen molar-refractivity contribution in [3.63, 3.8) is 0 Å². The molecule has 0 spiro atoms. The van der Waals surface area contributed by atoms with Gasteiger partial charge in [-0.3, -0.25) is 9.32 Å². The topological polar surface area (TPSA) is 99.1 Å². The number of cyclic esters (lactones) is 1. The first-order valence-electron chi connectivity index (χ1n) is 8.80. The van der Waals surface area contributed by atoms with Crippen LogP contribution >= 0.6 is 7.60 Å². The van der Waals surface area contributed by atoms with Crippen LogP contribution in [0.2, 0.25) is 0 Å². The number of unbranched alkanes of at least 4 members (excludes halogenated alkanes) is 8. The molecular weight excluding hydrogens is 358 g/mol. The SMILES string of the molecule is CCCCCCCCCCCC(=O)OCC1COP(=O)(O)C(=O)O1.[NaH]. The molecule has 1 aliphatic heterocycles. The molecule has 0 amide bonds. The van der Waals surface area contributed by atoms with Crippen molar-refractivity contribution < 1.29 is 33.0 Å². The molecule has 1 heterocycles. The van der Waals surface area contributed by atoms with Gasteiger partial charge in [-0.1, -0.05) is 58.3 Å². The Morgan fingerprint density at radius 3 is 2.28 bits per heavy atom. The van der Waals surface area contributed by atoms with Gasteiger partial charge in [-0.05, 0) is 6.42 Å². The minimum absolute atomic E-state index is 0. The second kappa shape index (κ2) is 14.2. The first kappa shape index (κ1) is 25.1. The Morgan fingerprint density at radius 2 is 1.72 bits per heavy atom. The van der Waals surface area contributed by atoms with E-state index in [4.69, 9.17) is 14.4 Å². The molecule has 0 aliphatic carbocycles. The average Bonchev–Trinajstić information content (AvgIpc) is 2.54. The number of carbonyl (C=O) groups excluding carboxylic acids is 2. The van der Waals surface area contributed by atoms with Crippen LogP contribution in [-0.2, 0) is 23.4 Å². The van der Waals surface area contributed by atoms with Crippen LogP contribution in [0, 0.1) is 0 Å². The number of ether oxygens (including phenoxy) is 2. The molecule has 0 aromatic rings. The summed E-state index contributed by atoms with van der Waals surface area (Å²) in [5, 5.41) is 0. The number of carbonyl (C=O) groups is 2. The Kier molecular flexibility index (Phi) is 14.2. The summed E-state index contributed by atoms with van der Waals surface area (Å²) in [5.41, 5.74) is -1.30. The second-order valence-electron chi connectivity index (χ2n) is 6.08. The molecule has 25 heavy (non-hydrogen) atoms. The van der Waals surface area contributed by atoms with E-state index in [9.17, 15) is 14.2 Å². The van der Waals surface area contributed by atoms with E-state index in [1.807, 2.05) is 0 Å². The summed E-state index contributed by atoms with van der Waals surface area (Å²) in [4.78, 5) is 31.8. The average molecular weight is 388 g/mol. The fourth-order valence-electron chi connectivity index (χ4n) is 2.40. The molecule has 2 atom stereocenters. The van der Waals surface area contributed by atoms with Gasteiger partial charge in [0, 0.05) is 6.42 Å². The van der Waals surface area contributed by atoms with Gasteiger partial charge < -0.3 is 14.4 Å². The first-order chi connectivity index (χ1) is 11.5. The maximum atomic E-state index is 11.6. The van der Waals surface area contributed by atoms with Gasteiger partial charge in [0.25, 0.3) is 0 Å². The summed E-state index contributed by atoms with van der Waals surface area (Å²) >= 11 is 0. The Balaban J connectivity index is 0.00000576. The predicted molar refractivity (Wildman–Crippen MR) is 96.0 cm³/mol. The molecule has 2 unspecified atom stereocenters. The molecule has 0 radical (unpaired) electrons. The normalized spacial score (nSPS) is 22.8. The van der Waals surface area contributed by atoms with Crippen molar-refractivity contribution >= 4 is 48.8 Å². The van der Waals surface area contributed by atoms with Crippen LogP contribution in [0.3, 0.4) is 0 Å². The van der Waals surface area contributed by atoms with Gasteiger partial charge in [0.2, 0.25) is 0 Å². The van der Waals surface area contributed by atoms with Crippen molar-refractivity contribution in [1.82, 2.24) is 0 Å². The van der Waals surface area contributed by atoms with E-state index in [0.29, 0.717) is 6.42 Å². The minimum atomic E-state index is -4.30. The van der Waals surface area contributed by atoms with Crippen molar-refractivity contribution in [1.29, 1.82) is 0 Å². The van der Waals surface area contributed by atoms with Gasteiger partial charge in [-0.2, -0.15) is 0 Å². The molecule has 0 bridgehead atoms. The molecule has 9 heteroatoms. The molecule has 1 fully saturated rings. The Morgan fingerprint density at radius 1 is 1.16 bits per heavy atom. The third-order valence-electron chi connectivity index (χ3n) is 3.85. The van der Waals surface area contributed by atoms with Gasteiger partial charge in [-0.15, -0.1) is 0 Å². The quantitative estimate of drug-likeness (QED) is 0.236. The van der Waals surface area contributed by atoms with E-state index in [0.717, 1.165) is 19.3 Å². The summed E-state index contributed by atoms with van der Waals surface area (Å²) < 4.78 is 25.3. The third-order valence-corrected chi connectivity index (χ3v) is 4.91. The summed E-state index contributed by atoms with van der Waals surface area (Å²) in [7, 11) is -4.30. The monoisotopic (exact) mass is 388 g/mol. The number of esters is 1. The second-order valence-corrected chi connectivity index (χ2v) is 7.75. The van der Waals surface area contributed by atoms with Crippen molar-refractivity contribution in [2.24, 2.45) is 0 Å². The Hall–Kier alpha value is 0.0900. The molecule has 0 aromatic carbocycles. The zero-order valence-electron chi connectivity index (χ0n) is 14.4. The molecule has 1 N–H and O–H groups in total. The zero-order valence-corrected chi connectivity index (χ0v) is 15.3. The van der Waals surface area contributed by atoms with E-state index in [2.05, 4.69) is 11.4 Å². The van der Waals surface area contributed by atoms with E-state index >= 15 is 0 Å². The van der Waals surface area contributed by atoms with Crippen molar-refractivity contribution in [3.8, 4) is 0 Å². The summed E-state index contributed by atoms with van der Waals surface area (Å²) in [6.07, 6.45) is 10.0. The first-order valence-corrected chi connectivity index (χ1v) is 10.4. The molecular formula is C16H30NaO7P. The summed E-state index contributed by atoms with van der Waals surface area (Å²) in [6, 6.07) is 0. The van der Waals surface area contributed by atoms with E-state index in [1.54, 1.807) is 0 Å². The summed E-state index contributed by atoms with van der Waals surface area (Å²) in [6.45, 7) is 1.81. The molecule has 142 valence electrons. The molecule has 1 aliphatic rings. The predicted octanol–water partition coefficient (Wildman–Crippen LogP) is 3.52. The Labute approximate surface area is 172 Å².